The second kappa shape index (κ2) is 18.4. The molecule has 0 aromatic heterocycles. The van der Waals surface area contributed by atoms with E-state index in [0.29, 0.717) is 12.7 Å². The van der Waals surface area contributed by atoms with E-state index in [0.717, 1.165) is 0 Å². The Hall–Kier alpha value is -2.11. The first-order valence-corrected chi connectivity index (χ1v) is 17.1. The number of esters is 1. The third-order valence-electron chi connectivity index (χ3n) is 9.67. The van der Waals surface area contributed by atoms with E-state index in [1.165, 1.54) is 20.1 Å². The predicted octanol–water partition coefficient (Wildman–Crippen LogP) is 1.05. The van der Waals surface area contributed by atoms with E-state index in [2.05, 4.69) is 0 Å². The molecule has 2 saturated heterocycles. The highest BCUT2D eigenvalue weighted by Gasteiger charge is 2.51. The van der Waals surface area contributed by atoms with Gasteiger partial charge in [-0.2, -0.15) is 0 Å². The standard InChI is InChI=1S/C35H57NO13/c1-19-16-23(14-15-37)31(32(44-8)25(39)17-26(40)45-20(2)12-10-9-11-13-24(19)38)49-34-29(41)28(36(6)7)30(21(3)47-34)48-27-18-35(5,43)33(42)22(4)46-27/h9-11,13,15,19-23,25,27-34,39,41-43H,12,14,16-18H2,1-8H3/b10-9+,13-11+/t19-,20-,21-,22+,23+,25-,27+,28-,29-,30-,31+,32+,33+,34+,35-/m1/s1. The van der Waals surface area contributed by atoms with Gasteiger partial charge in [-0.25, -0.2) is 0 Å². The minimum absolute atomic E-state index is 0.0235. The van der Waals surface area contributed by atoms with Gasteiger partial charge in [0, 0.05) is 32.3 Å². The zero-order valence-electron chi connectivity index (χ0n) is 29.9. The Balaban J connectivity index is 1.95. The molecule has 3 aliphatic heterocycles. The quantitative estimate of drug-likeness (QED) is 0.208. The van der Waals surface area contributed by atoms with Crippen LogP contribution in [0.4, 0.5) is 0 Å². The number of rotatable bonds is 8. The molecule has 0 aromatic carbocycles. The Morgan fingerprint density at radius 1 is 1.00 bits per heavy atom. The maximum Gasteiger partial charge on any atom is 0.308 e. The van der Waals surface area contributed by atoms with Crippen LogP contribution in [-0.2, 0) is 42.8 Å². The van der Waals surface area contributed by atoms with Crippen LogP contribution in [-0.4, -0.2) is 144 Å². The van der Waals surface area contributed by atoms with Crippen LogP contribution in [0.15, 0.2) is 24.3 Å². The van der Waals surface area contributed by atoms with Crippen LogP contribution in [0.5, 0.6) is 0 Å². The van der Waals surface area contributed by atoms with Crippen LogP contribution in [0.3, 0.4) is 0 Å². The second-order valence-corrected chi connectivity index (χ2v) is 14.1. The van der Waals surface area contributed by atoms with Gasteiger partial charge in [0.2, 0.25) is 0 Å². The summed E-state index contributed by atoms with van der Waals surface area (Å²) in [5.41, 5.74) is -1.47. The Labute approximate surface area is 289 Å². The minimum Gasteiger partial charge on any atom is -0.462 e. The smallest absolute Gasteiger partial charge is 0.308 e. The summed E-state index contributed by atoms with van der Waals surface area (Å²) in [4.78, 5) is 39.6. The number of aliphatic hydroxyl groups is 4. The van der Waals surface area contributed by atoms with Crippen LogP contribution in [0, 0.1) is 11.8 Å². The van der Waals surface area contributed by atoms with E-state index in [4.69, 9.17) is 28.4 Å². The van der Waals surface area contributed by atoms with Crippen molar-refractivity contribution in [2.24, 2.45) is 11.8 Å². The number of hydrogen-bond acceptors (Lipinski definition) is 14. The average Bonchev–Trinajstić information content (AvgIpc) is 3.00. The van der Waals surface area contributed by atoms with Crippen molar-refractivity contribution in [1.82, 2.24) is 4.90 Å². The molecule has 4 N–H and O–H groups in total. The first-order chi connectivity index (χ1) is 23.0. The minimum atomic E-state index is -1.47. The monoisotopic (exact) mass is 699 g/mol. The van der Waals surface area contributed by atoms with Crippen LogP contribution in [0.25, 0.3) is 0 Å². The van der Waals surface area contributed by atoms with Gasteiger partial charge in [0.15, 0.2) is 18.4 Å². The third-order valence-corrected chi connectivity index (χ3v) is 9.67. The predicted molar refractivity (Wildman–Crippen MR) is 176 cm³/mol. The largest absolute Gasteiger partial charge is 0.462 e. The van der Waals surface area contributed by atoms with Crippen molar-refractivity contribution in [1.29, 1.82) is 0 Å². The lowest BCUT2D eigenvalue weighted by Gasteiger charge is -2.50. The molecule has 0 aromatic rings. The van der Waals surface area contributed by atoms with E-state index in [1.807, 2.05) is 0 Å². The average molecular weight is 700 g/mol. The van der Waals surface area contributed by atoms with Crippen molar-refractivity contribution in [2.75, 3.05) is 21.2 Å². The van der Waals surface area contributed by atoms with Crippen LogP contribution < -0.4 is 0 Å². The fraction of sp³-hybridized carbons (Fsp3) is 0.800. The van der Waals surface area contributed by atoms with Gasteiger partial charge < -0.3 is 58.5 Å². The second-order valence-electron chi connectivity index (χ2n) is 14.1. The summed E-state index contributed by atoms with van der Waals surface area (Å²) in [5.74, 6) is -2.09. The van der Waals surface area contributed by atoms with Crippen molar-refractivity contribution in [3.63, 3.8) is 0 Å². The van der Waals surface area contributed by atoms with Gasteiger partial charge in [-0.1, -0.05) is 25.2 Å². The molecule has 0 saturated carbocycles. The zero-order valence-corrected chi connectivity index (χ0v) is 29.9. The fourth-order valence-electron chi connectivity index (χ4n) is 6.94. The van der Waals surface area contributed by atoms with Crippen molar-refractivity contribution >= 4 is 18.0 Å². The van der Waals surface area contributed by atoms with Crippen LogP contribution in [0.2, 0.25) is 0 Å². The molecule has 0 unspecified atom stereocenters. The molecule has 0 spiro atoms. The lowest BCUT2D eigenvalue weighted by molar-refractivity contribution is -0.344. The number of methoxy groups -OCH3 is 1. The molecule has 0 radical (unpaired) electrons. The number of carbonyl (C=O) groups is 3. The maximum atomic E-state index is 13.0. The van der Waals surface area contributed by atoms with Gasteiger partial charge in [-0.3, -0.25) is 9.59 Å². The Bertz CT molecular complexity index is 1140. The highest BCUT2D eigenvalue weighted by Crippen LogP contribution is 2.36. The molecule has 14 nitrogen and oxygen atoms in total. The fourth-order valence-corrected chi connectivity index (χ4v) is 6.94. The van der Waals surface area contributed by atoms with E-state index in [-0.39, 0.29) is 25.0 Å². The number of cyclic esters (lactones) is 1. The lowest BCUT2D eigenvalue weighted by Crippen LogP contribution is -2.65. The van der Waals surface area contributed by atoms with Gasteiger partial charge >= 0.3 is 5.97 Å². The summed E-state index contributed by atoms with van der Waals surface area (Å²) in [7, 11) is 4.83. The summed E-state index contributed by atoms with van der Waals surface area (Å²) < 4.78 is 36.0. The molecule has 2 fully saturated rings. The number of allylic oxidation sites excluding steroid dienone is 3. The van der Waals surface area contributed by atoms with E-state index in [9.17, 15) is 34.8 Å². The Morgan fingerprint density at radius 3 is 2.31 bits per heavy atom. The number of carbonyl (C=O) groups excluding carboxylic acids is 3. The van der Waals surface area contributed by atoms with Gasteiger partial charge in [-0.05, 0) is 60.2 Å². The molecular weight excluding hydrogens is 642 g/mol. The summed E-state index contributed by atoms with van der Waals surface area (Å²) in [6, 6.07) is -0.735. The van der Waals surface area contributed by atoms with Gasteiger partial charge in [0.05, 0.1) is 42.5 Å². The molecule has 280 valence electrons. The molecule has 0 aliphatic carbocycles. The summed E-state index contributed by atoms with van der Waals surface area (Å²) in [6.07, 6.45) is -3.95. The van der Waals surface area contributed by atoms with Gasteiger partial charge in [-0.15, -0.1) is 0 Å². The molecule has 0 bridgehead atoms. The molecule has 3 rings (SSSR count). The number of aliphatic hydroxyl groups excluding tert-OH is 3. The zero-order chi connectivity index (χ0) is 36.6. The van der Waals surface area contributed by atoms with Gasteiger partial charge in [0.25, 0.3) is 0 Å². The van der Waals surface area contributed by atoms with Gasteiger partial charge in [0.1, 0.15) is 36.8 Å². The highest BCUT2D eigenvalue weighted by atomic mass is 16.7. The number of ketones is 1. The normalized spacial score (nSPS) is 44.7. The molecular formula is C35H57NO13. The maximum absolute atomic E-state index is 13.0. The molecule has 0 amide bonds. The van der Waals surface area contributed by atoms with E-state index < -0.39 is 103 Å². The Morgan fingerprint density at radius 2 is 1.69 bits per heavy atom. The number of likely N-dealkylation sites (N-methyl/N-ethyl adjacent to an activating group) is 1. The Kier molecular flexibility index (Phi) is 15.5. The van der Waals surface area contributed by atoms with Crippen molar-refractivity contribution in [2.45, 2.75) is 146 Å². The highest BCUT2D eigenvalue weighted by molar-refractivity contribution is 5.91. The first-order valence-electron chi connectivity index (χ1n) is 17.1. The van der Waals surface area contributed by atoms with Crippen LogP contribution >= 0.6 is 0 Å². The molecule has 3 aliphatic rings. The first kappa shape index (κ1) is 41.3. The topological polar surface area (TPSA) is 191 Å². The molecule has 49 heavy (non-hydrogen) atoms. The third kappa shape index (κ3) is 10.9. The van der Waals surface area contributed by atoms with E-state index >= 15 is 0 Å². The summed E-state index contributed by atoms with van der Waals surface area (Å²) in [6.45, 7) is 8.30. The SMILES string of the molecule is CO[C@@H]1[C@@H](O[C@@H]2O[C@H](C)[C@@H](O[C@H]3C[C@@](C)(O)[C@@H](O)[C@H](C)O3)[C@H](N(C)C)[C@H]2O)[C@@H](CC=O)C[C@@H](C)C(=O)/C=C/C=C/C[C@@H](C)OC(=O)C[C@H]1O. The van der Waals surface area contributed by atoms with Crippen molar-refractivity contribution in [3.8, 4) is 0 Å². The number of nitrogens with zero attached hydrogens (tertiary/aromatic N) is 1. The molecule has 14 heteroatoms. The number of hydrogen-bond donors (Lipinski definition) is 4. The van der Waals surface area contributed by atoms with Crippen molar-refractivity contribution < 1.29 is 63.2 Å². The molecule has 3 heterocycles. The van der Waals surface area contributed by atoms with Crippen molar-refractivity contribution in [3.05, 3.63) is 24.3 Å². The number of ether oxygens (including phenoxy) is 6. The summed E-state index contributed by atoms with van der Waals surface area (Å²) in [5, 5.41) is 44.2. The lowest BCUT2D eigenvalue weighted by atomic mass is 9.83. The summed E-state index contributed by atoms with van der Waals surface area (Å²) >= 11 is 0. The van der Waals surface area contributed by atoms with Crippen LogP contribution in [0.1, 0.15) is 66.7 Å². The molecule has 15 atom stereocenters. The van der Waals surface area contributed by atoms with E-state index in [1.54, 1.807) is 64.9 Å². The number of aldehydes is 1.